The van der Waals surface area contributed by atoms with Crippen LogP contribution in [0.4, 0.5) is 0 Å². The molecule has 1 aromatic heterocycles. The minimum absolute atomic E-state index is 0.142. The van der Waals surface area contributed by atoms with Gasteiger partial charge in [0, 0.05) is 7.11 Å². The van der Waals surface area contributed by atoms with Gasteiger partial charge in [0.25, 0.3) is 5.89 Å². The van der Waals surface area contributed by atoms with Crippen LogP contribution in [0.15, 0.2) is 22.7 Å². The third kappa shape index (κ3) is 3.34. The van der Waals surface area contributed by atoms with Crippen LogP contribution in [0.2, 0.25) is 0 Å². The molecule has 0 fully saturated rings. The SMILES string of the molecule is COCc1nc(CNC(=O)Cc2ccc3c(c2)OCO3)no1. The van der Waals surface area contributed by atoms with Crippen LogP contribution >= 0.6 is 0 Å². The summed E-state index contributed by atoms with van der Waals surface area (Å²) < 4.78 is 20.3. The van der Waals surface area contributed by atoms with Gasteiger partial charge in [-0.1, -0.05) is 11.2 Å². The van der Waals surface area contributed by atoms with E-state index in [1.165, 1.54) is 7.11 Å². The molecule has 1 amide bonds. The number of hydrogen-bond acceptors (Lipinski definition) is 7. The van der Waals surface area contributed by atoms with Crippen molar-refractivity contribution in [1.82, 2.24) is 15.5 Å². The van der Waals surface area contributed by atoms with Gasteiger partial charge >= 0.3 is 0 Å². The van der Waals surface area contributed by atoms with Crippen molar-refractivity contribution in [3.63, 3.8) is 0 Å². The summed E-state index contributed by atoms with van der Waals surface area (Å²) in [5.41, 5.74) is 0.843. The van der Waals surface area contributed by atoms with E-state index in [2.05, 4.69) is 15.5 Å². The lowest BCUT2D eigenvalue weighted by Crippen LogP contribution is -2.25. The summed E-state index contributed by atoms with van der Waals surface area (Å²) in [6.45, 7) is 0.668. The fourth-order valence-electron chi connectivity index (χ4n) is 2.02. The fraction of sp³-hybridized carbons (Fsp3) is 0.357. The number of fused-ring (bicyclic) bond motifs is 1. The summed E-state index contributed by atoms with van der Waals surface area (Å²) in [6.07, 6.45) is 0.236. The Kier molecular flexibility index (Phi) is 4.19. The van der Waals surface area contributed by atoms with Crippen LogP contribution in [-0.4, -0.2) is 30.0 Å². The zero-order chi connectivity index (χ0) is 15.4. The van der Waals surface area contributed by atoms with Crippen LogP contribution in [0.25, 0.3) is 0 Å². The second-order valence-electron chi connectivity index (χ2n) is 4.68. The lowest BCUT2D eigenvalue weighted by atomic mass is 10.1. The Bertz CT molecular complexity index is 670. The first-order valence-electron chi connectivity index (χ1n) is 6.70. The fourth-order valence-corrected chi connectivity index (χ4v) is 2.02. The molecule has 2 heterocycles. The third-order valence-electron chi connectivity index (χ3n) is 3.02. The van der Waals surface area contributed by atoms with Crippen molar-refractivity contribution in [2.45, 2.75) is 19.6 Å². The van der Waals surface area contributed by atoms with Crippen molar-refractivity contribution in [2.75, 3.05) is 13.9 Å². The topological polar surface area (TPSA) is 95.7 Å². The minimum Gasteiger partial charge on any atom is -0.454 e. The van der Waals surface area contributed by atoms with Crippen molar-refractivity contribution >= 4 is 5.91 Å². The Morgan fingerprint density at radius 3 is 3.09 bits per heavy atom. The molecule has 0 bridgehead atoms. The van der Waals surface area contributed by atoms with E-state index < -0.39 is 0 Å². The summed E-state index contributed by atoms with van der Waals surface area (Å²) in [6, 6.07) is 5.42. The van der Waals surface area contributed by atoms with Gasteiger partial charge in [-0.25, -0.2) is 0 Å². The van der Waals surface area contributed by atoms with Gasteiger partial charge in [0.1, 0.15) is 6.61 Å². The van der Waals surface area contributed by atoms with E-state index in [9.17, 15) is 4.79 Å². The molecule has 22 heavy (non-hydrogen) atoms. The lowest BCUT2D eigenvalue weighted by molar-refractivity contribution is -0.120. The maximum Gasteiger partial charge on any atom is 0.252 e. The number of aromatic nitrogens is 2. The average molecular weight is 305 g/mol. The first-order chi connectivity index (χ1) is 10.7. The number of rotatable bonds is 6. The van der Waals surface area contributed by atoms with Crippen LogP contribution in [-0.2, 0) is 29.1 Å². The number of amides is 1. The minimum atomic E-state index is -0.142. The van der Waals surface area contributed by atoms with Crippen molar-refractivity contribution in [3.8, 4) is 11.5 Å². The number of carbonyl (C=O) groups is 1. The Balaban J connectivity index is 1.51. The molecule has 1 aliphatic heterocycles. The first kappa shape index (κ1) is 14.3. The monoisotopic (exact) mass is 305 g/mol. The molecule has 3 rings (SSSR count). The maximum atomic E-state index is 11.9. The Morgan fingerprint density at radius 1 is 1.36 bits per heavy atom. The van der Waals surface area contributed by atoms with Gasteiger partial charge in [-0.2, -0.15) is 4.98 Å². The summed E-state index contributed by atoms with van der Waals surface area (Å²) >= 11 is 0. The van der Waals surface area contributed by atoms with E-state index in [0.717, 1.165) is 5.56 Å². The number of benzene rings is 1. The van der Waals surface area contributed by atoms with Crippen molar-refractivity contribution in [2.24, 2.45) is 0 Å². The van der Waals surface area contributed by atoms with Crippen molar-refractivity contribution < 1.29 is 23.5 Å². The number of carbonyl (C=O) groups excluding carboxylic acids is 1. The standard InChI is InChI=1S/C14H15N3O5/c1-19-7-14-16-12(17-22-14)6-15-13(18)5-9-2-3-10-11(4-9)21-8-20-10/h2-4H,5-8H2,1H3,(H,15,18). The smallest absolute Gasteiger partial charge is 0.252 e. The molecule has 1 aromatic carbocycles. The lowest BCUT2D eigenvalue weighted by Gasteiger charge is -2.04. The van der Waals surface area contributed by atoms with Gasteiger partial charge in [-0.05, 0) is 17.7 Å². The van der Waals surface area contributed by atoms with Crippen LogP contribution < -0.4 is 14.8 Å². The second-order valence-corrected chi connectivity index (χ2v) is 4.68. The van der Waals surface area contributed by atoms with E-state index in [1.807, 2.05) is 6.07 Å². The molecule has 1 aliphatic rings. The Hall–Kier alpha value is -2.61. The zero-order valence-corrected chi connectivity index (χ0v) is 12.0. The van der Waals surface area contributed by atoms with Gasteiger partial charge < -0.3 is 24.1 Å². The molecule has 116 valence electrons. The molecule has 0 aliphatic carbocycles. The predicted octanol–water partition coefficient (Wildman–Crippen LogP) is 0.804. The molecule has 0 spiro atoms. The number of methoxy groups -OCH3 is 1. The van der Waals surface area contributed by atoms with Gasteiger partial charge in [0.2, 0.25) is 12.7 Å². The quantitative estimate of drug-likeness (QED) is 0.843. The highest BCUT2D eigenvalue weighted by Crippen LogP contribution is 2.32. The average Bonchev–Trinajstić information content (AvgIpc) is 3.14. The van der Waals surface area contributed by atoms with E-state index >= 15 is 0 Å². The van der Waals surface area contributed by atoms with Crippen LogP contribution in [0.5, 0.6) is 11.5 Å². The van der Waals surface area contributed by atoms with Gasteiger partial charge in [0.15, 0.2) is 17.3 Å². The highest BCUT2D eigenvalue weighted by Gasteiger charge is 2.14. The summed E-state index contributed by atoms with van der Waals surface area (Å²) in [4.78, 5) is 16.0. The molecule has 8 heteroatoms. The highest BCUT2D eigenvalue weighted by molar-refractivity contribution is 5.78. The third-order valence-corrected chi connectivity index (χ3v) is 3.02. The number of nitrogens with zero attached hydrogens (tertiary/aromatic N) is 2. The second kappa shape index (κ2) is 6.44. The number of hydrogen-bond donors (Lipinski definition) is 1. The summed E-state index contributed by atoms with van der Waals surface area (Å²) in [5, 5.41) is 6.48. The highest BCUT2D eigenvalue weighted by atomic mass is 16.7. The first-order valence-corrected chi connectivity index (χ1v) is 6.70. The zero-order valence-electron chi connectivity index (χ0n) is 12.0. The normalized spacial score (nSPS) is 12.4. The Morgan fingerprint density at radius 2 is 2.23 bits per heavy atom. The summed E-state index contributed by atoms with van der Waals surface area (Å²) in [5.74, 6) is 2.00. The van der Waals surface area contributed by atoms with Crippen LogP contribution in [0.1, 0.15) is 17.3 Å². The van der Waals surface area contributed by atoms with Gasteiger partial charge in [-0.3, -0.25) is 4.79 Å². The van der Waals surface area contributed by atoms with Crippen molar-refractivity contribution in [1.29, 1.82) is 0 Å². The maximum absolute atomic E-state index is 11.9. The molecule has 0 atom stereocenters. The molecule has 2 aromatic rings. The van der Waals surface area contributed by atoms with Crippen molar-refractivity contribution in [3.05, 3.63) is 35.5 Å². The molecule has 0 unspecified atom stereocenters. The van der Waals surface area contributed by atoms with E-state index in [1.54, 1.807) is 12.1 Å². The molecule has 1 N–H and O–H groups in total. The number of nitrogens with one attached hydrogen (secondary N) is 1. The van der Waals surface area contributed by atoms with Crippen LogP contribution in [0.3, 0.4) is 0 Å². The van der Waals surface area contributed by atoms with E-state index in [4.69, 9.17) is 18.7 Å². The van der Waals surface area contributed by atoms with E-state index in [-0.39, 0.29) is 32.3 Å². The molecule has 0 radical (unpaired) electrons. The largest absolute Gasteiger partial charge is 0.454 e. The molecule has 8 nitrogen and oxygen atoms in total. The predicted molar refractivity (Wildman–Crippen MR) is 73.1 cm³/mol. The molecule has 0 saturated carbocycles. The summed E-state index contributed by atoms with van der Waals surface area (Å²) in [7, 11) is 1.54. The molecule has 0 saturated heterocycles. The molecular weight excluding hydrogens is 290 g/mol. The van der Waals surface area contributed by atoms with E-state index in [0.29, 0.717) is 23.2 Å². The molecular formula is C14H15N3O5. The van der Waals surface area contributed by atoms with Crippen LogP contribution in [0, 0.1) is 0 Å². The van der Waals surface area contributed by atoms with Gasteiger partial charge in [-0.15, -0.1) is 0 Å². The van der Waals surface area contributed by atoms with Gasteiger partial charge in [0.05, 0.1) is 13.0 Å². The number of ether oxygens (including phenoxy) is 3. The Labute approximate surface area is 126 Å².